The summed E-state index contributed by atoms with van der Waals surface area (Å²) >= 11 is 8.39. The molecule has 0 aliphatic heterocycles. The first kappa shape index (κ1) is 13.4. The fourth-order valence-electron chi connectivity index (χ4n) is 1.02. The van der Waals surface area contributed by atoms with Gasteiger partial charge in [-0.05, 0) is 55.7 Å². The molecule has 0 saturated carbocycles. The van der Waals surface area contributed by atoms with Crippen LogP contribution in [-0.2, 0) is 0 Å². The number of hydrogen-bond acceptors (Lipinski definition) is 8. The van der Waals surface area contributed by atoms with E-state index in [1.807, 2.05) is 20.8 Å². The Labute approximate surface area is 117 Å². The van der Waals surface area contributed by atoms with Crippen LogP contribution in [0, 0.1) is 6.92 Å². The summed E-state index contributed by atoms with van der Waals surface area (Å²) in [4.78, 5) is 16.3. The van der Waals surface area contributed by atoms with E-state index >= 15 is 0 Å². The predicted octanol–water partition coefficient (Wildman–Crippen LogP) is 2.62. The molecule has 2 aromatic rings. The Morgan fingerprint density at radius 1 is 1.22 bits per heavy atom. The highest BCUT2D eigenvalue weighted by atomic mass is 35.5. The quantitative estimate of drug-likeness (QED) is 0.859. The highest BCUT2D eigenvalue weighted by molar-refractivity contribution is 8.00. The third-order valence-electron chi connectivity index (χ3n) is 1.60. The maximum Gasteiger partial charge on any atom is 0.322 e. The lowest BCUT2D eigenvalue weighted by Crippen LogP contribution is -2.09. The van der Waals surface area contributed by atoms with Gasteiger partial charge in [-0.2, -0.15) is 19.3 Å². The van der Waals surface area contributed by atoms with E-state index in [9.17, 15) is 0 Å². The first-order valence-corrected chi connectivity index (χ1v) is 7.06. The molecular weight excluding hydrogens is 294 g/mol. The lowest BCUT2D eigenvalue weighted by atomic mass is 10.5. The molecule has 2 aromatic heterocycles. The van der Waals surface area contributed by atoms with E-state index in [-0.39, 0.29) is 17.4 Å². The molecule has 0 unspecified atom stereocenters. The fraction of sp³-hybridized carbons (Fsp3) is 0.444. The van der Waals surface area contributed by atoms with Crippen molar-refractivity contribution >= 4 is 34.9 Å². The third kappa shape index (κ3) is 3.76. The molecule has 96 valence electrons. The number of rotatable bonds is 4. The Kier molecular flexibility index (Phi) is 4.31. The zero-order valence-corrected chi connectivity index (χ0v) is 12.3. The van der Waals surface area contributed by atoms with Gasteiger partial charge >= 0.3 is 6.01 Å². The second-order valence-corrected chi connectivity index (χ2v) is 5.85. The normalized spacial score (nSPS) is 10.9. The van der Waals surface area contributed by atoms with E-state index < -0.39 is 0 Å². The highest BCUT2D eigenvalue weighted by Crippen LogP contribution is 2.27. The van der Waals surface area contributed by atoms with Crippen LogP contribution in [0.2, 0.25) is 5.28 Å². The van der Waals surface area contributed by atoms with Crippen LogP contribution in [0.3, 0.4) is 0 Å². The van der Waals surface area contributed by atoms with Crippen molar-refractivity contribution in [1.29, 1.82) is 0 Å². The zero-order valence-electron chi connectivity index (χ0n) is 9.92. The van der Waals surface area contributed by atoms with Crippen LogP contribution in [0.25, 0.3) is 0 Å². The third-order valence-corrected chi connectivity index (χ3v) is 3.47. The van der Waals surface area contributed by atoms with Crippen molar-refractivity contribution in [3.8, 4) is 6.01 Å². The van der Waals surface area contributed by atoms with Gasteiger partial charge in [0, 0.05) is 0 Å². The van der Waals surface area contributed by atoms with E-state index in [2.05, 4.69) is 24.3 Å². The predicted molar refractivity (Wildman–Crippen MR) is 69.4 cm³/mol. The summed E-state index contributed by atoms with van der Waals surface area (Å²) in [6.45, 7) is 5.60. The molecule has 2 rings (SSSR count). The van der Waals surface area contributed by atoms with Crippen molar-refractivity contribution in [2.45, 2.75) is 36.4 Å². The van der Waals surface area contributed by atoms with Crippen molar-refractivity contribution in [3.05, 3.63) is 11.1 Å². The number of halogens is 1. The summed E-state index contributed by atoms with van der Waals surface area (Å²) in [6.07, 6.45) is -0.0231. The Balaban J connectivity index is 2.19. The molecule has 2 heterocycles. The summed E-state index contributed by atoms with van der Waals surface area (Å²) in [7, 11) is 0. The second kappa shape index (κ2) is 5.77. The molecule has 0 atom stereocenters. The average Bonchev–Trinajstić information content (AvgIpc) is 2.61. The van der Waals surface area contributed by atoms with Crippen LogP contribution < -0.4 is 4.74 Å². The van der Waals surface area contributed by atoms with Gasteiger partial charge in [-0.3, -0.25) is 0 Å². The van der Waals surface area contributed by atoms with E-state index in [1.165, 1.54) is 23.3 Å². The van der Waals surface area contributed by atoms with Gasteiger partial charge in [0.05, 0.1) is 6.10 Å². The standard InChI is InChI=1S/C9H10ClN5OS2/c1-4(2)16-7-12-6(10)13-8(14-7)17-9-11-5(3)15-18-9/h4H,1-3H3. The molecule has 18 heavy (non-hydrogen) atoms. The number of nitrogens with zero attached hydrogens (tertiary/aromatic N) is 5. The van der Waals surface area contributed by atoms with Gasteiger partial charge in [0.25, 0.3) is 0 Å². The van der Waals surface area contributed by atoms with Crippen LogP contribution in [-0.4, -0.2) is 30.4 Å². The lowest BCUT2D eigenvalue weighted by molar-refractivity contribution is 0.219. The van der Waals surface area contributed by atoms with Gasteiger partial charge in [-0.1, -0.05) is 0 Å². The summed E-state index contributed by atoms with van der Waals surface area (Å²) in [6, 6.07) is 0.216. The molecule has 0 fully saturated rings. The summed E-state index contributed by atoms with van der Waals surface area (Å²) < 4.78 is 10.2. The van der Waals surface area contributed by atoms with Crippen LogP contribution in [0.4, 0.5) is 0 Å². The Morgan fingerprint density at radius 2 is 2.00 bits per heavy atom. The van der Waals surface area contributed by atoms with Gasteiger partial charge in [-0.25, -0.2) is 4.98 Å². The topological polar surface area (TPSA) is 73.7 Å². The van der Waals surface area contributed by atoms with Crippen molar-refractivity contribution in [1.82, 2.24) is 24.3 Å². The van der Waals surface area contributed by atoms with Gasteiger partial charge in [-0.15, -0.1) is 0 Å². The van der Waals surface area contributed by atoms with E-state index in [4.69, 9.17) is 16.3 Å². The van der Waals surface area contributed by atoms with E-state index in [0.29, 0.717) is 5.16 Å². The maximum absolute atomic E-state index is 5.82. The number of aryl methyl sites for hydroxylation is 1. The fourth-order valence-corrected chi connectivity index (χ4v) is 2.72. The first-order chi connectivity index (χ1) is 8.52. The molecule has 0 radical (unpaired) electrons. The maximum atomic E-state index is 5.82. The van der Waals surface area contributed by atoms with Gasteiger partial charge < -0.3 is 4.74 Å². The average molecular weight is 304 g/mol. The van der Waals surface area contributed by atoms with Crippen molar-refractivity contribution in [3.63, 3.8) is 0 Å². The molecule has 0 N–H and O–H groups in total. The second-order valence-electron chi connectivity index (χ2n) is 3.55. The molecule has 6 nitrogen and oxygen atoms in total. The number of aromatic nitrogens is 5. The smallest absolute Gasteiger partial charge is 0.322 e. The molecular formula is C9H10ClN5OS2. The van der Waals surface area contributed by atoms with Crippen LogP contribution in [0.5, 0.6) is 6.01 Å². The van der Waals surface area contributed by atoms with Crippen LogP contribution >= 0.6 is 34.9 Å². The minimum atomic E-state index is -0.0231. The molecule has 9 heteroatoms. The summed E-state index contributed by atoms with van der Waals surface area (Å²) in [5, 5.41) is 0.547. The lowest BCUT2D eigenvalue weighted by Gasteiger charge is -2.07. The van der Waals surface area contributed by atoms with Crippen molar-refractivity contribution in [2.75, 3.05) is 0 Å². The minimum Gasteiger partial charge on any atom is -0.461 e. The highest BCUT2D eigenvalue weighted by Gasteiger charge is 2.11. The largest absolute Gasteiger partial charge is 0.461 e. The van der Waals surface area contributed by atoms with Crippen molar-refractivity contribution < 1.29 is 4.74 Å². The zero-order chi connectivity index (χ0) is 13.1. The molecule has 0 aromatic carbocycles. The number of ether oxygens (including phenoxy) is 1. The molecule has 0 spiro atoms. The Hall–Kier alpha value is -0.990. The Bertz CT molecular complexity index is 548. The molecule has 0 saturated heterocycles. The van der Waals surface area contributed by atoms with Gasteiger partial charge in [0.1, 0.15) is 5.82 Å². The molecule has 0 bridgehead atoms. The first-order valence-electron chi connectivity index (χ1n) is 5.09. The molecule has 0 amide bonds. The van der Waals surface area contributed by atoms with E-state index in [0.717, 1.165) is 10.2 Å². The Morgan fingerprint density at radius 3 is 2.61 bits per heavy atom. The minimum absolute atomic E-state index is 0.0231. The number of hydrogen-bond donors (Lipinski definition) is 0. The van der Waals surface area contributed by atoms with Crippen molar-refractivity contribution in [2.24, 2.45) is 0 Å². The van der Waals surface area contributed by atoms with Gasteiger partial charge in [0.15, 0.2) is 4.34 Å². The van der Waals surface area contributed by atoms with Crippen LogP contribution in [0.1, 0.15) is 19.7 Å². The summed E-state index contributed by atoms with van der Waals surface area (Å²) in [5.41, 5.74) is 0. The molecule has 0 aliphatic rings. The van der Waals surface area contributed by atoms with Gasteiger partial charge in [0.2, 0.25) is 10.4 Å². The SMILES string of the molecule is Cc1nsc(Sc2nc(Cl)nc(OC(C)C)n2)n1. The molecule has 0 aliphatic carbocycles. The van der Waals surface area contributed by atoms with E-state index in [1.54, 1.807) is 0 Å². The van der Waals surface area contributed by atoms with Crippen LogP contribution in [0.15, 0.2) is 9.50 Å². The summed E-state index contributed by atoms with van der Waals surface area (Å²) in [5.74, 6) is 0.723. The monoisotopic (exact) mass is 303 g/mol.